The Balaban J connectivity index is 2.31. The number of nitrogens with one attached hydrogen (secondary N) is 4. The number of hydrogen-bond donors (Lipinski definition) is 4. The van der Waals surface area contributed by atoms with Crippen LogP contribution >= 0.6 is 0 Å². The van der Waals surface area contributed by atoms with E-state index in [0.717, 1.165) is 12.0 Å². The fourth-order valence-corrected chi connectivity index (χ4v) is 4.51. The van der Waals surface area contributed by atoms with Gasteiger partial charge in [-0.3, -0.25) is 14.4 Å². The van der Waals surface area contributed by atoms with Gasteiger partial charge in [-0.1, -0.05) is 71.9 Å². The Kier molecular flexibility index (Phi) is 10.3. The largest absolute Gasteiger partial charge is 0.348 e. The maximum atomic E-state index is 13.9. The summed E-state index contributed by atoms with van der Waals surface area (Å²) < 4.78 is 0. The lowest BCUT2D eigenvalue weighted by atomic mass is 9.85. The van der Waals surface area contributed by atoms with Crippen molar-refractivity contribution in [3.05, 3.63) is 35.9 Å². The molecule has 8 heteroatoms. The average Bonchev–Trinajstić information content (AvgIpc) is 3.22. The fourth-order valence-electron chi connectivity index (χ4n) is 4.51. The summed E-state index contributed by atoms with van der Waals surface area (Å²) in [6.07, 6.45) is 1.27. The second kappa shape index (κ2) is 12.5. The number of likely N-dealkylation sites (tertiary alicyclic amines) is 1. The zero-order valence-corrected chi connectivity index (χ0v) is 22.6. The monoisotopic (exact) mass is 487 g/mol. The number of nitrogens with zero attached hydrogens (tertiary/aromatic N) is 1. The molecular weight excluding hydrogens is 442 g/mol. The first-order valence-electron chi connectivity index (χ1n) is 12.8. The quantitative estimate of drug-likeness (QED) is 0.406. The van der Waals surface area contributed by atoms with Gasteiger partial charge < -0.3 is 26.2 Å². The predicted octanol–water partition coefficient (Wildman–Crippen LogP) is 2.36. The van der Waals surface area contributed by atoms with Gasteiger partial charge in [0.05, 0.1) is 12.1 Å². The number of amides is 3. The lowest BCUT2D eigenvalue weighted by Gasteiger charge is -2.36. The van der Waals surface area contributed by atoms with Gasteiger partial charge in [0.25, 0.3) is 0 Å². The van der Waals surface area contributed by atoms with Crippen LogP contribution in [0.15, 0.2) is 30.3 Å². The summed E-state index contributed by atoms with van der Waals surface area (Å²) in [5.41, 5.74) is 0.512. The van der Waals surface area contributed by atoms with Crippen LogP contribution in [-0.2, 0) is 14.4 Å². The number of benzene rings is 1. The van der Waals surface area contributed by atoms with E-state index in [1.54, 1.807) is 18.9 Å². The molecular formula is C27H45N5O3. The molecule has 3 amide bonds. The third kappa shape index (κ3) is 7.77. The second-order valence-electron chi connectivity index (χ2n) is 11.0. The Morgan fingerprint density at radius 2 is 1.69 bits per heavy atom. The summed E-state index contributed by atoms with van der Waals surface area (Å²) >= 11 is 0. The molecule has 1 heterocycles. The van der Waals surface area contributed by atoms with Crippen molar-refractivity contribution < 1.29 is 14.4 Å². The van der Waals surface area contributed by atoms with Gasteiger partial charge in [0.1, 0.15) is 12.1 Å². The number of carbonyl (C=O) groups is 3. The number of likely N-dealkylation sites (N-methyl/N-ethyl adjacent to an activating group) is 1. The Bertz CT molecular complexity index is 852. The van der Waals surface area contributed by atoms with Crippen LogP contribution in [0.1, 0.15) is 72.9 Å². The van der Waals surface area contributed by atoms with E-state index in [1.165, 1.54) is 0 Å². The van der Waals surface area contributed by atoms with Crippen molar-refractivity contribution >= 4 is 17.7 Å². The SMILES string of the molecule is CC[C@@H](NC(=O)[C@@H]1C[C@H](NC(C)C)CN1C(=O)[C@@H](NC(=O)[C@H](C)NC)C(C)(C)C)c1ccccc1. The molecule has 1 saturated heterocycles. The molecule has 2 rings (SSSR count). The van der Waals surface area contributed by atoms with Gasteiger partial charge in [0.2, 0.25) is 17.7 Å². The van der Waals surface area contributed by atoms with Crippen LogP contribution in [-0.4, -0.2) is 66.4 Å². The van der Waals surface area contributed by atoms with Crippen molar-refractivity contribution in [3.63, 3.8) is 0 Å². The van der Waals surface area contributed by atoms with E-state index in [1.807, 2.05) is 58.0 Å². The van der Waals surface area contributed by atoms with Gasteiger partial charge in [0.15, 0.2) is 0 Å². The molecule has 4 N–H and O–H groups in total. The van der Waals surface area contributed by atoms with E-state index in [9.17, 15) is 14.4 Å². The van der Waals surface area contributed by atoms with Gasteiger partial charge in [0, 0.05) is 18.6 Å². The molecule has 0 spiro atoms. The van der Waals surface area contributed by atoms with Crippen molar-refractivity contribution in [1.82, 2.24) is 26.2 Å². The molecule has 35 heavy (non-hydrogen) atoms. The molecule has 0 unspecified atom stereocenters. The first kappa shape index (κ1) is 28.8. The molecule has 0 aliphatic carbocycles. The summed E-state index contributed by atoms with van der Waals surface area (Å²) in [4.78, 5) is 41.8. The molecule has 0 radical (unpaired) electrons. The molecule has 1 aromatic rings. The highest BCUT2D eigenvalue weighted by Crippen LogP contribution is 2.27. The third-order valence-corrected chi connectivity index (χ3v) is 6.61. The first-order valence-corrected chi connectivity index (χ1v) is 12.8. The maximum Gasteiger partial charge on any atom is 0.246 e. The smallest absolute Gasteiger partial charge is 0.246 e. The van der Waals surface area contributed by atoms with Crippen LogP contribution in [0.2, 0.25) is 0 Å². The molecule has 1 aliphatic rings. The van der Waals surface area contributed by atoms with Crippen molar-refractivity contribution in [1.29, 1.82) is 0 Å². The molecule has 1 aromatic carbocycles. The van der Waals surface area contributed by atoms with E-state index >= 15 is 0 Å². The topological polar surface area (TPSA) is 103 Å². The molecule has 0 aromatic heterocycles. The van der Waals surface area contributed by atoms with E-state index in [4.69, 9.17) is 0 Å². The molecule has 8 nitrogen and oxygen atoms in total. The van der Waals surface area contributed by atoms with Crippen molar-refractivity contribution in [2.45, 2.75) is 97.6 Å². The number of carbonyl (C=O) groups excluding carboxylic acids is 3. The van der Waals surface area contributed by atoms with Gasteiger partial charge in [-0.25, -0.2) is 0 Å². The zero-order valence-electron chi connectivity index (χ0n) is 22.6. The van der Waals surface area contributed by atoms with Crippen molar-refractivity contribution in [2.24, 2.45) is 5.41 Å². The van der Waals surface area contributed by atoms with Gasteiger partial charge >= 0.3 is 0 Å². The normalized spacial score (nSPS) is 20.9. The van der Waals surface area contributed by atoms with Crippen LogP contribution in [0, 0.1) is 5.41 Å². The number of hydrogen-bond acceptors (Lipinski definition) is 5. The van der Waals surface area contributed by atoms with Crippen LogP contribution in [0.5, 0.6) is 0 Å². The van der Waals surface area contributed by atoms with Crippen LogP contribution in [0.3, 0.4) is 0 Å². The van der Waals surface area contributed by atoms with E-state index < -0.39 is 23.5 Å². The van der Waals surface area contributed by atoms with E-state index in [0.29, 0.717) is 13.0 Å². The maximum absolute atomic E-state index is 13.9. The minimum Gasteiger partial charge on any atom is -0.348 e. The minimum atomic E-state index is -0.755. The summed E-state index contributed by atoms with van der Waals surface area (Å²) in [5, 5.41) is 12.5. The van der Waals surface area contributed by atoms with Crippen LogP contribution in [0.25, 0.3) is 0 Å². The summed E-state index contributed by atoms with van der Waals surface area (Å²) in [6.45, 7) is 14.1. The predicted molar refractivity (Wildman–Crippen MR) is 140 cm³/mol. The standard InChI is InChI=1S/C27H45N5O3/c1-9-21(19-13-11-10-12-14-19)30-25(34)22-15-20(29-17(2)3)16-32(22)26(35)23(27(5,6)7)31-24(33)18(4)28-8/h10-14,17-18,20-23,28-29H,9,15-16H2,1-8H3,(H,30,34)(H,31,33)/t18-,20-,21+,22-,23+/m0/s1. The number of rotatable bonds is 10. The second-order valence-corrected chi connectivity index (χ2v) is 11.0. The summed E-state index contributed by atoms with van der Waals surface area (Å²) in [7, 11) is 1.71. The Labute approximate surface area is 211 Å². The first-order chi connectivity index (χ1) is 16.4. The fraction of sp³-hybridized carbons (Fsp3) is 0.667. The highest BCUT2D eigenvalue weighted by molar-refractivity contribution is 5.94. The van der Waals surface area contributed by atoms with Gasteiger partial charge in [-0.05, 0) is 37.8 Å². The molecule has 0 saturated carbocycles. The van der Waals surface area contributed by atoms with Gasteiger partial charge in [-0.15, -0.1) is 0 Å². The van der Waals surface area contributed by atoms with Gasteiger partial charge in [-0.2, -0.15) is 0 Å². The van der Waals surface area contributed by atoms with E-state index in [2.05, 4.69) is 35.1 Å². The minimum absolute atomic E-state index is 0.000876. The van der Waals surface area contributed by atoms with Crippen LogP contribution in [0.4, 0.5) is 0 Å². The summed E-state index contributed by atoms with van der Waals surface area (Å²) in [6, 6.07) is 8.17. The highest BCUT2D eigenvalue weighted by atomic mass is 16.2. The van der Waals surface area contributed by atoms with Crippen molar-refractivity contribution in [2.75, 3.05) is 13.6 Å². The lowest BCUT2D eigenvalue weighted by molar-refractivity contribution is -0.144. The van der Waals surface area contributed by atoms with E-state index in [-0.39, 0.29) is 35.8 Å². The lowest BCUT2D eigenvalue weighted by Crippen LogP contribution is -2.59. The molecule has 196 valence electrons. The Morgan fingerprint density at radius 1 is 1.06 bits per heavy atom. The Morgan fingerprint density at radius 3 is 2.20 bits per heavy atom. The molecule has 1 aliphatic heterocycles. The molecule has 1 fully saturated rings. The van der Waals surface area contributed by atoms with Crippen LogP contribution < -0.4 is 21.3 Å². The highest BCUT2D eigenvalue weighted by Gasteiger charge is 2.45. The van der Waals surface area contributed by atoms with Crippen molar-refractivity contribution in [3.8, 4) is 0 Å². The summed E-state index contributed by atoms with van der Waals surface area (Å²) in [5.74, 6) is -0.632. The zero-order chi connectivity index (χ0) is 26.3. The molecule has 5 atom stereocenters. The third-order valence-electron chi connectivity index (χ3n) is 6.61. The molecule has 0 bridgehead atoms. The average molecular weight is 488 g/mol. The Hall–Kier alpha value is -2.45.